The number of rotatable bonds is 37. The van der Waals surface area contributed by atoms with Gasteiger partial charge in [-0.1, -0.05) is 130 Å². The summed E-state index contributed by atoms with van der Waals surface area (Å²) >= 11 is 0. The first-order chi connectivity index (χ1) is 23.0. The average Bonchev–Trinajstić information content (AvgIpc) is 3.06. The predicted octanol–water partition coefficient (Wildman–Crippen LogP) is 11.4. The molecule has 0 fully saturated rings. The van der Waals surface area contributed by atoms with Crippen LogP contribution >= 0.6 is 0 Å². The number of aliphatic hydroxyl groups is 1. The molecule has 0 aromatic heterocycles. The van der Waals surface area contributed by atoms with Gasteiger partial charge in [0.05, 0.1) is 6.61 Å². The number of carbonyl (C=O) groups excluding carboxylic acids is 2. The Morgan fingerprint density at radius 1 is 0.532 bits per heavy atom. The van der Waals surface area contributed by atoms with Crippen LogP contribution in [0.2, 0.25) is 0 Å². The van der Waals surface area contributed by atoms with Crippen LogP contribution in [0.25, 0.3) is 0 Å². The van der Waals surface area contributed by atoms with Crippen LogP contribution in [0.4, 0.5) is 0 Å². The highest BCUT2D eigenvalue weighted by atomic mass is 16.5. The van der Waals surface area contributed by atoms with Crippen LogP contribution in [0.15, 0.2) is 0 Å². The van der Waals surface area contributed by atoms with Gasteiger partial charge in [0.2, 0.25) is 0 Å². The Hall–Kier alpha value is -1.14. The smallest absolute Gasteiger partial charge is 0.306 e. The molecule has 0 heterocycles. The van der Waals surface area contributed by atoms with E-state index in [0.29, 0.717) is 25.4 Å². The molecule has 0 spiro atoms. The molecule has 47 heavy (non-hydrogen) atoms. The van der Waals surface area contributed by atoms with Crippen LogP contribution in [0.3, 0.4) is 0 Å². The maximum Gasteiger partial charge on any atom is 0.306 e. The monoisotopic (exact) mass is 668 g/mol. The molecule has 0 aliphatic carbocycles. The average molecular weight is 668 g/mol. The summed E-state index contributed by atoms with van der Waals surface area (Å²) in [5.74, 6) is 0.687. The lowest BCUT2D eigenvalue weighted by Gasteiger charge is -2.22. The topological polar surface area (TPSA) is 76.1 Å². The van der Waals surface area contributed by atoms with Crippen LogP contribution in [0, 0.1) is 5.92 Å². The first-order valence-corrected chi connectivity index (χ1v) is 20.7. The number of hydrogen-bond donors (Lipinski definition) is 1. The van der Waals surface area contributed by atoms with Crippen molar-refractivity contribution in [3.63, 3.8) is 0 Å². The molecule has 1 N–H and O–H groups in total. The summed E-state index contributed by atoms with van der Waals surface area (Å²) in [7, 11) is 0. The summed E-state index contributed by atoms with van der Waals surface area (Å²) in [6.07, 6.45) is 31.2. The van der Waals surface area contributed by atoms with Crippen molar-refractivity contribution in [2.75, 3.05) is 32.8 Å². The fraction of sp³-hybridized carbons (Fsp3) is 0.951. The number of unbranched alkanes of at least 4 members (excludes halogenated alkanes) is 15. The molecule has 0 aromatic carbocycles. The fourth-order valence-electron chi connectivity index (χ4n) is 6.48. The summed E-state index contributed by atoms with van der Waals surface area (Å²) in [6.45, 7) is 13.0. The summed E-state index contributed by atoms with van der Waals surface area (Å²) < 4.78 is 11.3. The molecule has 0 amide bonds. The van der Waals surface area contributed by atoms with Gasteiger partial charge in [-0.2, -0.15) is 0 Å². The van der Waals surface area contributed by atoms with E-state index in [1.54, 1.807) is 0 Å². The van der Waals surface area contributed by atoms with E-state index < -0.39 is 0 Å². The number of hydrogen-bond acceptors (Lipinski definition) is 6. The SMILES string of the molecule is CCCCCC(CCCCC)CCOC(=O)CCCCCCCN(CCCCO)CCCCCCCC(=O)OC(CC)CCCCC. The molecule has 1 atom stereocenters. The summed E-state index contributed by atoms with van der Waals surface area (Å²) in [5, 5.41) is 9.23. The Kier molecular flexibility index (Phi) is 35.3. The lowest BCUT2D eigenvalue weighted by molar-refractivity contribution is -0.149. The van der Waals surface area contributed by atoms with Gasteiger partial charge in [0.25, 0.3) is 0 Å². The molecule has 0 aliphatic heterocycles. The number of aliphatic hydroxyl groups excluding tert-OH is 1. The molecule has 0 aromatic rings. The minimum Gasteiger partial charge on any atom is -0.466 e. The van der Waals surface area contributed by atoms with Gasteiger partial charge in [0.15, 0.2) is 0 Å². The summed E-state index contributed by atoms with van der Waals surface area (Å²) in [6, 6.07) is 0. The van der Waals surface area contributed by atoms with Crippen LogP contribution in [0.5, 0.6) is 0 Å². The summed E-state index contributed by atoms with van der Waals surface area (Å²) in [5.41, 5.74) is 0. The van der Waals surface area contributed by atoms with Gasteiger partial charge in [0, 0.05) is 19.4 Å². The third-order valence-electron chi connectivity index (χ3n) is 9.70. The Morgan fingerprint density at radius 2 is 1.00 bits per heavy atom. The van der Waals surface area contributed by atoms with E-state index in [1.165, 1.54) is 103 Å². The normalized spacial score (nSPS) is 12.2. The molecule has 6 nitrogen and oxygen atoms in total. The standard InChI is InChI=1S/C41H81NO5/c1-5-9-18-27-38(28-19-10-6-2)32-37-46-40(44)30-21-14-12-16-23-33-42(35-25-26-36-43)34-24-17-13-15-22-31-41(45)47-39(8-4)29-20-11-7-3/h38-39,43H,5-37H2,1-4H3. The van der Waals surface area contributed by atoms with E-state index >= 15 is 0 Å². The van der Waals surface area contributed by atoms with E-state index in [9.17, 15) is 14.7 Å². The minimum atomic E-state index is -0.0157. The van der Waals surface area contributed by atoms with Gasteiger partial charge in [-0.05, 0) is 89.8 Å². The predicted molar refractivity (Wildman–Crippen MR) is 200 cm³/mol. The number of nitrogens with zero attached hydrogens (tertiary/aromatic N) is 1. The van der Waals surface area contributed by atoms with Crippen molar-refractivity contribution >= 4 is 11.9 Å². The van der Waals surface area contributed by atoms with E-state index in [4.69, 9.17) is 9.47 Å². The maximum absolute atomic E-state index is 12.3. The highest BCUT2D eigenvalue weighted by Crippen LogP contribution is 2.21. The molecular formula is C41H81NO5. The van der Waals surface area contributed by atoms with E-state index in [2.05, 4.69) is 32.6 Å². The Balaban J connectivity index is 4.01. The third kappa shape index (κ3) is 31.9. The van der Waals surface area contributed by atoms with Gasteiger partial charge >= 0.3 is 11.9 Å². The van der Waals surface area contributed by atoms with Gasteiger partial charge in [-0.15, -0.1) is 0 Å². The molecule has 0 saturated heterocycles. The van der Waals surface area contributed by atoms with Gasteiger partial charge < -0.3 is 19.5 Å². The lowest BCUT2D eigenvalue weighted by Crippen LogP contribution is -2.27. The molecule has 0 radical (unpaired) electrons. The first-order valence-electron chi connectivity index (χ1n) is 20.7. The van der Waals surface area contributed by atoms with E-state index in [-0.39, 0.29) is 24.6 Å². The second-order valence-corrected chi connectivity index (χ2v) is 14.2. The quantitative estimate of drug-likeness (QED) is 0.0525. The van der Waals surface area contributed by atoms with Crippen LogP contribution in [0.1, 0.15) is 207 Å². The summed E-state index contributed by atoms with van der Waals surface area (Å²) in [4.78, 5) is 27.1. The van der Waals surface area contributed by atoms with Crippen molar-refractivity contribution in [3.05, 3.63) is 0 Å². The van der Waals surface area contributed by atoms with Crippen molar-refractivity contribution < 1.29 is 24.2 Å². The van der Waals surface area contributed by atoms with E-state index in [0.717, 1.165) is 83.8 Å². The Labute approximate surface area is 292 Å². The van der Waals surface area contributed by atoms with Crippen molar-refractivity contribution in [2.24, 2.45) is 5.92 Å². The van der Waals surface area contributed by atoms with Crippen LogP contribution in [-0.2, 0) is 19.1 Å². The van der Waals surface area contributed by atoms with Crippen molar-refractivity contribution in [2.45, 2.75) is 214 Å². The Morgan fingerprint density at radius 3 is 1.51 bits per heavy atom. The molecule has 1 unspecified atom stereocenters. The van der Waals surface area contributed by atoms with Crippen LogP contribution in [-0.4, -0.2) is 60.9 Å². The molecule has 0 saturated carbocycles. The van der Waals surface area contributed by atoms with Gasteiger partial charge in [-0.25, -0.2) is 0 Å². The molecule has 6 heteroatoms. The second-order valence-electron chi connectivity index (χ2n) is 14.2. The first kappa shape index (κ1) is 45.9. The maximum atomic E-state index is 12.3. The molecule has 280 valence electrons. The molecule has 0 rings (SSSR count). The number of carbonyl (C=O) groups is 2. The molecule has 0 bridgehead atoms. The minimum absolute atomic E-state index is 0.0104. The molecule has 0 aliphatic rings. The van der Waals surface area contributed by atoms with Crippen molar-refractivity contribution in [1.29, 1.82) is 0 Å². The zero-order chi connectivity index (χ0) is 34.6. The second kappa shape index (κ2) is 36.1. The zero-order valence-corrected chi connectivity index (χ0v) is 32.0. The largest absolute Gasteiger partial charge is 0.466 e. The lowest BCUT2D eigenvalue weighted by atomic mass is 9.92. The Bertz CT molecular complexity index is 662. The number of esters is 2. The van der Waals surface area contributed by atoms with Gasteiger partial charge in [0.1, 0.15) is 6.10 Å². The van der Waals surface area contributed by atoms with Crippen LogP contribution < -0.4 is 0 Å². The fourth-order valence-corrected chi connectivity index (χ4v) is 6.48. The number of ether oxygens (including phenoxy) is 2. The third-order valence-corrected chi connectivity index (χ3v) is 9.70. The van der Waals surface area contributed by atoms with Crippen molar-refractivity contribution in [3.8, 4) is 0 Å². The van der Waals surface area contributed by atoms with Crippen molar-refractivity contribution in [1.82, 2.24) is 4.90 Å². The highest BCUT2D eigenvalue weighted by molar-refractivity contribution is 5.69. The van der Waals surface area contributed by atoms with Gasteiger partial charge in [-0.3, -0.25) is 9.59 Å². The zero-order valence-electron chi connectivity index (χ0n) is 32.0. The highest BCUT2D eigenvalue weighted by Gasteiger charge is 2.13. The van der Waals surface area contributed by atoms with E-state index in [1.807, 2.05) is 0 Å². The molecular weight excluding hydrogens is 586 g/mol.